The monoisotopic (exact) mass is 1150 g/mol. The molecule has 0 aliphatic rings. The number of rotatable bonds is 56. The van der Waals surface area contributed by atoms with Crippen LogP contribution in [0, 0.1) is 0 Å². The van der Waals surface area contributed by atoms with Crippen LogP contribution in [0.5, 0.6) is 0 Å². The Bertz CT molecular complexity index is 1960. The SMILES string of the molecule is CC\C=C/C=C/C=C/C=C\C=C\C=C\CCCCCC(=O)NC(COP(=O)([O-])OCC[N+](C)(C)C)C(/C=C\CCCCCCCCCCCC)OC(=O)CCCCCCCCCC/C=C\C/C=C\C/C=C\C/C=C\C/C=C\C/C=C\CC. The fraction of sp³-hybridized carbons (Fsp3) is 0.611. The molecule has 3 atom stereocenters. The largest absolute Gasteiger partial charge is 0.756 e. The van der Waals surface area contributed by atoms with Crippen LogP contribution in [0.25, 0.3) is 0 Å². The lowest BCUT2D eigenvalue weighted by molar-refractivity contribution is -0.870. The molecule has 0 aliphatic heterocycles. The van der Waals surface area contributed by atoms with Gasteiger partial charge in [-0.1, -0.05) is 275 Å². The van der Waals surface area contributed by atoms with Crippen molar-refractivity contribution in [1.82, 2.24) is 5.32 Å². The highest BCUT2D eigenvalue weighted by Gasteiger charge is 2.27. The number of amides is 1. The molecule has 82 heavy (non-hydrogen) atoms. The molecule has 0 aromatic heterocycles. The second-order valence-electron chi connectivity index (χ2n) is 22.3. The zero-order valence-electron chi connectivity index (χ0n) is 52.9. The number of esters is 1. The summed E-state index contributed by atoms with van der Waals surface area (Å²) in [6.07, 6.45) is 87.9. The molecular formula is C72H119N2O7P. The number of quaternary nitrogens is 1. The first-order valence-corrected chi connectivity index (χ1v) is 33.8. The molecule has 0 aromatic carbocycles. The van der Waals surface area contributed by atoms with E-state index >= 15 is 0 Å². The van der Waals surface area contributed by atoms with Crippen molar-refractivity contribution >= 4 is 19.7 Å². The molecule has 1 N–H and O–H groups in total. The van der Waals surface area contributed by atoms with Crippen LogP contribution in [0.4, 0.5) is 0 Å². The number of hydrogen-bond acceptors (Lipinski definition) is 7. The number of ether oxygens (including phenoxy) is 1. The molecule has 0 radical (unpaired) electrons. The smallest absolute Gasteiger partial charge is 0.306 e. The van der Waals surface area contributed by atoms with E-state index in [0.717, 1.165) is 109 Å². The number of likely N-dealkylation sites (N-methyl/N-ethyl adjacent to an activating group) is 1. The van der Waals surface area contributed by atoms with E-state index in [4.69, 9.17) is 13.8 Å². The fourth-order valence-corrected chi connectivity index (χ4v) is 9.16. The third-order valence-electron chi connectivity index (χ3n) is 13.4. The molecule has 1 amide bonds. The fourth-order valence-electron chi connectivity index (χ4n) is 8.44. The van der Waals surface area contributed by atoms with Crippen molar-refractivity contribution in [2.24, 2.45) is 0 Å². The minimum atomic E-state index is -4.73. The number of phosphoric ester groups is 1. The van der Waals surface area contributed by atoms with Crippen LogP contribution in [0.15, 0.2) is 158 Å². The number of carbonyl (C=O) groups is 2. The van der Waals surface area contributed by atoms with Crippen molar-refractivity contribution in [3.63, 3.8) is 0 Å². The molecule has 0 fully saturated rings. The van der Waals surface area contributed by atoms with Gasteiger partial charge in [-0.15, -0.1) is 0 Å². The van der Waals surface area contributed by atoms with Crippen molar-refractivity contribution in [2.75, 3.05) is 40.9 Å². The standard InChI is InChI=1S/C72H119N2O7P/c1-7-10-13-16-19-22-25-28-30-32-33-34-35-36-37-38-39-40-41-43-45-47-50-53-56-59-62-65-72(76)81-70(63-60-57-54-51-48-27-24-21-18-15-12-9-3)69(68-80-82(77,78)79-67-66-74(4,5)6)73-71(75)64-61-58-55-52-49-46-44-42-31-29-26-23-20-17-14-11-8-2/h10-11,13-14,17,19-20,22-23,26,28-31,33-34,36-37,39-40,42,44,46,49,60,63,69-70H,7-9,12,15-16,18,21,24-25,27,32,35,38,41,43,45,47-48,50-59,61-62,64-68H2,1-6H3,(H-,73,75,77,78)/b13-10-,14-11-,20-17+,22-19-,26-23+,30-28-,31-29-,34-33-,37-36-,40-39-,44-42+,49-46+,63-60-. The van der Waals surface area contributed by atoms with Gasteiger partial charge in [-0.2, -0.15) is 0 Å². The Kier molecular flexibility index (Phi) is 56.6. The van der Waals surface area contributed by atoms with Gasteiger partial charge in [0.05, 0.1) is 33.8 Å². The minimum absolute atomic E-state index is 0.0424. The van der Waals surface area contributed by atoms with Crippen LogP contribution in [0.2, 0.25) is 0 Å². The van der Waals surface area contributed by atoms with Crippen LogP contribution in [0.3, 0.4) is 0 Å². The number of allylic oxidation sites excluding steroid dienone is 25. The van der Waals surface area contributed by atoms with Crippen LogP contribution < -0.4 is 10.2 Å². The second-order valence-corrected chi connectivity index (χ2v) is 23.7. The number of unbranched alkanes of at least 4 members (excludes halogenated alkanes) is 21. The van der Waals surface area contributed by atoms with Crippen molar-refractivity contribution in [3.8, 4) is 0 Å². The summed E-state index contributed by atoms with van der Waals surface area (Å²) in [4.78, 5) is 40.0. The molecular weight excluding hydrogens is 1040 g/mol. The van der Waals surface area contributed by atoms with Gasteiger partial charge < -0.3 is 28.5 Å². The van der Waals surface area contributed by atoms with Gasteiger partial charge in [0, 0.05) is 12.8 Å². The first-order valence-electron chi connectivity index (χ1n) is 32.4. The van der Waals surface area contributed by atoms with E-state index in [1.807, 2.05) is 94.1 Å². The molecule has 3 unspecified atom stereocenters. The van der Waals surface area contributed by atoms with Gasteiger partial charge in [0.2, 0.25) is 5.91 Å². The highest BCUT2D eigenvalue weighted by atomic mass is 31.2. The first kappa shape index (κ1) is 77.6. The first-order chi connectivity index (χ1) is 39.9. The lowest BCUT2D eigenvalue weighted by Gasteiger charge is -2.30. The maximum absolute atomic E-state index is 13.5. The van der Waals surface area contributed by atoms with E-state index in [-0.39, 0.29) is 31.3 Å². The van der Waals surface area contributed by atoms with Crippen LogP contribution in [0.1, 0.15) is 233 Å². The number of nitrogens with one attached hydrogen (secondary N) is 1. The zero-order chi connectivity index (χ0) is 60.0. The zero-order valence-corrected chi connectivity index (χ0v) is 53.8. The van der Waals surface area contributed by atoms with Crippen molar-refractivity contribution < 1.29 is 37.3 Å². The Morgan fingerprint density at radius 1 is 0.451 bits per heavy atom. The highest BCUT2D eigenvalue weighted by molar-refractivity contribution is 7.45. The summed E-state index contributed by atoms with van der Waals surface area (Å²) in [5.41, 5.74) is 0. The van der Waals surface area contributed by atoms with Crippen LogP contribution in [-0.4, -0.2) is 69.4 Å². The molecule has 0 saturated carbocycles. The molecule has 9 nitrogen and oxygen atoms in total. The van der Waals surface area contributed by atoms with Gasteiger partial charge in [0.15, 0.2) is 0 Å². The molecule has 0 aromatic rings. The maximum atomic E-state index is 13.5. The summed E-state index contributed by atoms with van der Waals surface area (Å²) < 4.78 is 30.3. The quantitative estimate of drug-likeness (QED) is 0.0161. The topological polar surface area (TPSA) is 114 Å². The minimum Gasteiger partial charge on any atom is -0.756 e. The van der Waals surface area contributed by atoms with Gasteiger partial charge in [-0.25, -0.2) is 0 Å². The van der Waals surface area contributed by atoms with Gasteiger partial charge in [0.1, 0.15) is 19.3 Å². The number of phosphoric acid groups is 1. The van der Waals surface area contributed by atoms with E-state index in [9.17, 15) is 19.0 Å². The van der Waals surface area contributed by atoms with Crippen molar-refractivity contribution in [3.05, 3.63) is 158 Å². The number of carbonyl (C=O) groups excluding carboxylic acids is 2. The molecule has 0 heterocycles. The van der Waals surface area contributed by atoms with E-state index < -0.39 is 26.6 Å². The van der Waals surface area contributed by atoms with E-state index in [0.29, 0.717) is 23.9 Å². The summed E-state index contributed by atoms with van der Waals surface area (Å²) in [6, 6.07) is -0.928. The summed E-state index contributed by atoms with van der Waals surface area (Å²) in [5.74, 6) is -0.615. The van der Waals surface area contributed by atoms with E-state index in [1.54, 1.807) is 0 Å². The van der Waals surface area contributed by atoms with Gasteiger partial charge >= 0.3 is 5.97 Å². The molecule has 0 aliphatic carbocycles. The Labute approximate surface area is 503 Å². The highest BCUT2D eigenvalue weighted by Crippen LogP contribution is 2.38. The number of hydrogen-bond donors (Lipinski definition) is 1. The molecule has 0 spiro atoms. The average molecular weight is 1160 g/mol. The lowest BCUT2D eigenvalue weighted by atomic mass is 10.0. The molecule has 0 rings (SSSR count). The normalized spacial score (nSPS) is 14.7. The molecule has 464 valence electrons. The Balaban J connectivity index is 5.24. The molecule has 10 heteroatoms. The van der Waals surface area contributed by atoms with E-state index in [2.05, 4.69) is 111 Å². The van der Waals surface area contributed by atoms with Gasteiger partial charge in [0.25, 0.3) is 7.82 Å². The Hall–Kier alpha value is -4.37. The van der Waals surface area contributed by atoms with E-state index in [1.165, 1.54) is 77.0 Å². The van der Waals surface area contributed by atoms with Crippen LogP contribution >= 0.6 is 7.82 Å². The summed E-state index contributed by atoms with van der Waals surface area (Å²) in [5, 5.41) is 3.00. The van der Waals surface area contributed by atoms with Gasteiger partial charge in [-0.3, -0.25) is 14.2 Å². The summed E-state index contributed by atoms with van der Waals surface area (Å²) in [6.45, 7) is 6.52. The van der Waals surface area contributed by atoms with Crippen molar-refractivity contribution in [2.45, 2.75) is 245 Å². The Morgan fingerprint density at radius 3 is 1.33 bits per heavy atom. The predicted molar refractivity (Wildman–Crippen MR) is 352 cm³/mol. The Morgan fingerprint density at radius 2 is 0.841 bits per heavy atom. The molecule has 0 saturated heterocycles. The van der Waals surface area contributed by atoms with Crippen LogP contribution in [-0.2, 0) is 27.9 Å². The lowest BCUT2D eigenvalue weighted by Crippen LogP contribution is -2.47. The third kappa shape index (κ3) is 60.2. The molecule has 0 bridgehead atoms. The average Bonchev–Trinajstić information content (AvgIpc) is 3.44. The third-order valence-corrected chi connectivity index (χ3v) is 14.3. The predicted octanol–water partition coefficient (Wildman–Crippen LogP) is 19.8. The summed E-state index contributed by atoms with van der Waals surface area (Å²) >= 11 is 0. The summed E-state index contributed by atoms with van der Waals surface area (Å²) in [7, 11) is 1.12. The second kappa shape index (κ2) is 59.8. The van der Waals surface area contributed by atoms with Crippen molar-refractivity contribution in [1.29, 1.82) is 0 Å². The number of nitrogens with zero attached hydrogens (tertiary/aromatic N) is 1. The maximum Gasteiger partial charge on any atom is 0.306 e. The van der Waals surface area contributed by atoms with Gasteiger partial charge in [-0.05, 0) is 102 Å².